The van der Waals surface area contributed by atoms with Crippen LogP contribution in [-0.4, -0.2) is 52.2 Å². The number of aliphatic carboxylic acids is 1. The number of nitrogens with zero attached hydrogens (tertiary/aromatic N) is 2. The summed E-state index contributed by atoms with van der Waals surface area (Å²) < 4.78 is 5.52. The average Bonchev–Trinajstić information content (AvgIpc) is 3.15. The summed E-state index contributed by atoms with van der Waals surface area (Å²) in [6.07, 6.45) is 0.714. The van der Waals surface area contributed by atoms with Crippen LogP contribution in [0.1, 0.15) is 41.4 Å². The fourth-order valence-corrected chi connectivity index (χ4v) is 4.13. The molecule has 0 atom stereocenters. The number of pyridine rings is 1. The number of benzene rings is 2. The third kappa shape index (κ3) is 4.76. The summed E-state index contributed by atoms with van der Waals surface area (Å²) >= 11 is 0. The molecule has 0 saturated heterocycles. The quantitative estimate of drug-likeness (QED) is 0.543. The lowest BCUT2D eigenvalue weighted by Gasteiger charge is -2.24. The maximum atomic E-state index is 12.6. The van der Waals surface area contributed by atoms with E-state index in [1.165, 1.54) is 23.2 Å². The molecule has 3 aromatic rings. The lowest BCUT2D eigenvalue weighted by Crippen LogP contribution is -2.41. The van der Waals surface area contributed by atoms with Gasteiger partial charge in [0.2, 0.25) is 0 Å². The van der Waals surface area contributed by atoms with Gasteiger partial charge in [-0.2, -0.15) is 0 Å². The van der Waals surface area contributed by atoms with Crippen molar-refractivity contribution in [2.45, 2.75) is 25.8 Å². The summed E-state index contributed by atoms with van der Waals surface area (Å²) in [6, 6.07) is 18.8. The molecule has 8 nitrogen and oxygen atoms in total. The smallest absolute Gasteiger partial charge is 0.411 e. The van der Waals surface area contributed by atoms with Gasteiger partial charge in [-0.15, -0.1) is 0 Å². The molecule has 0 bridgehead atoms. The van der Waals surface area contributed by atoms with Gasteiger partial charge in [-0.3, -0.25) is 14.9 Å². The number of nitrogens with one attached hydrogen (secondary N) is 1. The molecule has 0 fully saturated rings. The van der Waals surface area contributed by atoms with Crippen LogP contribution in [0.4, 0.5) is 10.5 Å². The number of carboxylic acid groups (broad SMARTS) is 1. The molecule has 34 heavy (non-hydrogen) atoms. The van der Waals surface area contributed by atoms with E-state index in [-0.39, 0.29) is 24.3 Å². The highest BCUT2D eigenvalue weighted by Crippen LogP contribution is 2.44. The minimum atomic E-state index is -1.10. The first-order valence-electron chi connectivity index (χ1n) is 11.0. The normalized spacial score (nSPS) is 12.1. The Kier molecular flexibility index (Phi) is 6.58. The topological polar surface area (TPSA) is 109 Å². The SMILES string of the molecule is CC(C)N(CC(=O)O)C(=O)c1ccc(NC(=O)OCC2c3ccccc3-c3ccccc32)cn1. The van der Waals surface area contributed by atoms with Crippen LogP contribution in [0.25, 0.3) is 11.1 Å². The van der Waals surface area contributed by atoms with E-state index in [9.17, 15) is 14.4 Å². The molecule has 0 radical (unpaired) electrons. The Hall–Kier alpha value is -4.20. The monoisotopic (exact) mass is 459 g/mol. The molecular weight excluding hydrogens is 434 g/mol. The van der Waals surface area contributed by atoms with Gasteiger partial charge in [0, 0.05) is 12.0 Å². The van der Waals surface area contributed by atoms with Crippen LogP contribution in [0.2, 0.25) is 0 Å². The molecule has 0 aliphatic heterocycles. The molecule has 174 valence electrons. The average molecular weight is 460 g/mol. The van der Waals surface area contributed by atoms with Gasteiger partial charge >= 0.3 is 12.1 Å². The van der Waals surface area contributed by atoms with Gasteiger partial charge in [0.1, 0.15) is 18.8 Å². The lowest BCUT2D eigenvalue weighted by atomic mass is 9.98. The van der Waals surface area contributed by atoms with Gasteiger partial charge in [-0.1, -0.05) is 48.5 Å². The number of carboxylic acids is 1. The first kappa shape index (κ1) is 23.0. The Morgan fingerprint density at radius 1 is 1.00 bits per heavy atom. The molecule has 2 amide bonds. The number of carbonyl (C=O) groups is 3. The van der Waals surface area contributed by atoms with Gasteiger partial charge < -0.3 is 14.7 Å². The number of amides is 2. The molecule has 8 heteroatoms. The molecule has 1 heterocycles. The van der Waals surface area contributed by atoms with Crippen molar-refractivity contribution in [1.29, 1.82) is 0 Å². The van der Waals surface area contributed by atoms with Crippen molar-refractivity contribution in [1.82, 2.24) is 9.88 Å². The third-order valence-corrected chi connectivity index (χ3v) is 5.76. The highest BCUT2D eigenvalue weighted by molar-refractivity contribution is 5.95. The molecule has 1 aliphatic rings. The van der Waals surface area contributed by atoms with Gasteiger partial charge in [-0.25, -0.2) is 9.78 Å². The van der Waals surface area contributed by atoms with Crippen molar-refractivity contribution in [2.75, 3.05) is 18.5 Å². The Morgan fingerprint density at radius 3 is 2.15 bits per heavy atom. The van der Waals surface area contributed by atoms with E-state index in [1.54, 1.807) is 13.8 Å². The zero-order valence-corrected chi connectivity index (χ0v) is 18.9. The summed E-state index contributed by atoms with van der Waals surface area (Å²) in [5, 5.41) is 11.7. The highest BCUT2D eigenvalue weighted by atomic mass is 16.5. The van der Waals surface area contributed by atoms with Crippen molar-refractivity contribution < 1.29 is 24.2 Å². The molecule has 0 saturated carbocycles. The Morgan fingerprint density at radius 2 is 1.62 bits per heavy atom. The molecule has 2 N–H and O–H groups in total. The molecule has 2 aromatic carbocycles. The standard InChI is InChI=1S/C26H25N3O5/c1-16(2)29(14-24(30)31)25(32)23-12-11-17(13-27-23)28-26(33)34-15-22-20-9-5-3-7-18(20)19-8-4-6-10-21(19)22/h3-13,16,22H,14-15H2,1-2H3,(H,28,33)(H,30,31). The van der Waals surface area contributed by atoms with Crippen LogP contribution in [0.3, 0.4) is 0 Å². The van der Waals surface area contributed by atoms with Crippen LogP contribution < -0.4 is 5.32 Å². The zero-order chi connectivity index (χ0) is 24.2. The number of fused-ring (bicyclic) bond motifs is 3. The number of ether oxygens (including phenoxy) is 1. The Balaban J connectivity index is 1.39. The summed E-state index contributed by atoms with van der Waals surface area (Å²) in [5.41, 5.74) is 5.00. The van der Waals surface area contributed by atoms with E-state index in [1.807, 2.05) is 36.4 Å². The molecular formula is C26H25N3O5. The summed E-state index contributed by atoms with van der Waals surface area (Å²) in [7, 11) is 0. The number of anilines is 1. The number of carbonyl (C=O) groups excluding carboxylic acids is 2. The van der Waals surface area contributed by atoms with Crippen LogP contribution in [0.15, 0.2) is 66.9 Å². The van der Waals surface area contributed by atoms with Crippen molar-refractivity contribution in [3.05, 3.63) is 83.7 Å². The first-order valence-corrected chi connectivity index (χ1v) is 11.0. The van der Waals surface area contributed by atoms with Gasteiger partial charge in [0.15, 0.2) is 0 Å². The second-order valence-electron chi connectivity index (χ2n) is 8.30. The summed E-state index contributed by atoms with van der Waals surface area (Å²) in [4.78, 5) is 41.4. The summed E-state index contributed by atoms with van der Waals surface area (Å²) in [6.45, 7) is 3.22. The second-order valence-corrected chi connectivity index (χ2v) is 8.30. The van der Waals surface area contributed by atoms with E-state index in [2.05, 4.69) is 22.4 Å². The van der Waals surface area contributed by atoms with Crippen LogP contribution in [0, 0.1) is 0 Å². The maximum Gasteiger partial charge on any atom is 0.411 e. The minimum Gasteiger partial charge on any atom is -0.480 e. The molecule has 1 aliphatic carbocycles. The molecule has 0 spiro atoms. The number of rotatable bonds is 7. The lowest BCUT2D eigenvalue weighted by molar-refractivity contribution is -0.138. The molecule has 1 aromatic heterocycles. The van der Waals surface area contributed by atoms with Crippen LogP contribution in [0.5, 0.6) is 0 Å². The van der Waals surface area contributed by atoms with Gasteiger partial charge in [-0.05, 0) is 48.2 Å². The highest BCUT2D eigenvalue weighted by Gasteiger charge is 2.29. The van der Waals surface area contributed by atoms with Crippen molar-refractivity contribution >= 4 is 23.7 Å². The zero-order valence-electron chi connectivity index (χ0n) is 18.9. The number of hydrogen-bond acceptors (Lipinski definition) is 5. The van der Waals surface area contributed by atoms with Crippen molar-refractivity contribution in [3.8, 4) is 11.1 Å². The predicted molar refractivity (Wildman–Crippen MR) is 127 cm³/mol. The molecule has 4 rings (SSSR count). The fourth-order valence-electron chi connectivity index (χ4n) is 4.13. The summed E-state index contributed by atoms with van der Waals surface area (Å²) in [5.74, 6) is -1.65. The fraction of sp³-hybridized carbons (Fsp3) is 0.231. The predicted octanol–water partition coefficient (Wildman–Crippen LogP) is 4.38. The third-order valence-electron chi connectivity index (χ3n) is 5.76. The maximum absolute atomic E-state index is 12.6. The number of hydrogen-bond donors (Lipinski definition) is 2. The van der Waals surface area contributed by atoms with E-state index < -0.39 is 24.5 Å². The second kappa shape index (κ2) is 9.74. The van der Waals surface area contributed by atoms with Crippen LogP contribution in [-0.2, 0) is 9.53 Å². The van der Waals surface area contributed by atoms with Gasteiger partial charge in [0.05, 0.1) is 11.9 Å². The number of aromatic nitrogens is 1. The van der Waals surface area contributed by atoms with E-state index in [0.29, 0.717) is 5.69 Å². The van der Waals surface area contributed by atoms with Gasteiger partial charge in [0.25, 0.3) is 5.91 Å². The van der Waals surface area contributed by atoms with E-state index >= 15 is 0 Å². The minimum absolute atomic E-state index is 0.0486. The van der Waals surface area contributed by atoms with E-state index in [0.717, 1.165) is 22.3 Å². The van der Waals surface area contributed by atoms with Crippen LogP contribution >= 0.6 is 0 Å². The van der Waals surface area contributed by atoms with E-state index in [4.69, 9.17) is 9.84 Å². The van der Waals surface area contributed by atoms with Crippen molar-refractivity contribution in [2.24, 2.45) is 0 Å². The largest absolute Gasteiger partial charge is 0.480 e. The Labute approximate surface area is 197 Å². The molecule has 0 unspecified atom stereocenters. The first-order chi connectivity index (χ1) is 16.3. The Bertz CT molecular complexity index is 1180. The van der Waals surface area contributed by atoms with Crippen molar-refractivity contribution in [3.63, 3.8) is 0 Å².